The largest absolute Gasteiger partial charge is 0.321 e. The van der Waals surface area contributed by atoms with Gasteiger partial charge in [0.05, 0.1) is 0 Å². The summed E-state index contributed by atoms with van der Waals surface area (Å²) in [7, 11) is 0. The van der Waals surface area contributed by atoms with Gasteiger partial charge in [-0.2, -0.15) is 0 Å². The van der Waals surface area contributed by atoms with Gasteiger partial charge in [-0.25, -0.2) is 0 Å². The predicted molar refractivity (Wildman–Crippen MR) is 57.8 cm³/mol. The van der Waals surface area contributed by atoms with Gasteiger partial charge in [0.2, 0.25) is 0 Å². The molecule has 1 rings (SSSR count). The Labute approximate surface area is 84.2 Å². The smallest absolute Gasteiger partial charge is 0.0415 e. The van der Waals surface area contributed by atoms with E-state index in [0.717, 1.165) is 17.0 Å². The first-order valence-corrected chi connectivity index (χ1v) is 4.60. The molecule has 70 valence electrons. The second-order valence-electron chi connectivity index (χ2n) is 3.42. The van der Waals surface area contributed by atoms with Gasteiger partial charge >= 0.3 is 0 Å². The average Bonchev–Trinajstić information content (AvgIpc) is 2.05. The lowest BCUT2D eigenvalue weighted by molar-refractivity contribution is 0.502. The maximum absolute atomic E-state index is 6.08. The van der Waals surface area contributed by atoms with Gasteiger partial charge in [0.25, 0.3) is 0 Å². The minimum absolute atomic E-state index is 0.341. The van der Waals surface area contributed by atoms with E-state index >= 15 is 0 Å². The van der Waals surface area contributed by atoms with E-state index in [1.807, 2.05) is 37.3 Å². The fourth-order valence-corrected chi connectivity index (χ4v) is 1.37. The zero-order valence-electron chi connectivity index (χ0n) is 7.76. The first-order chi connectivity index (χ1) is 6.06. The van der Waals surface area contributed by atoms with Gasteiger partial charge in [0.15, 0.2) is 0 Å². The molecule has 0 saturated carbocycles. The molecule has 13 heavy (non-hydrogen) atoms. The molecule has 1 aromatic rings. The van der Waals surface area contributed by atoms with Gasteiger partial charge in [-0.15, -0.1) is 6.58 Å². The van der Waals surface area contributed by atoms with Crippen molar-refractivity contribution in [3.63, 3.8) is 0 Å². The molecule has 0 spiro atoms. The molecular weight excluding hydrogens is 182 g/mol. The van der Waals surface area contributed by atoms with Crippen molar-refractivity contribution in [2.45, 2.75) is 18.9 Å². The summed E-state index contributed by atoms with van der Waals surface area (Å²) in [6.07, 6.45) is 2.59. The third-order valence-electron chi connectivity index (χ3n) is 2.07. The molecule has 0 aliphatic heterocycles. The third kappa shape index (κ3) is 2.58. The number of hydrogen-bond acceptors (Lipinski definition) is 1. The highest BCUT2D eigenvalue weighted by molar-refractivity contribution is 6.30. The van der Waals surface area contributed by atoms with Crippen molar-refractivity contribution in [1.82, 2.24) is 0 Å². The van der Waals surface area contributed by atoms with Crippen LogP contribution < -0.4 is 5.73 Å². The van der Waals surface area contributed by atoms with Gasteiger partial charge in [-0.1, -0.05) is 29.8 Å². The minimum Gasteiger partial charge on any atom is -0.321 e. The fraction of sp³-hybridized carbons (Fsp3) is 0.273. The summed E-state index contributed by atoms with van der Waals surface area (Å²) in [5.41, 5.74) is 6.82. The monoisotopic (exact) mass is 195 g/mol. The van der Waals surface area contributed by atoms with Crippen LogP contribution in [-0.2, 0) is 5.54 Å². The second kappa shape index (κ2) is 3.95. The molecule has 2 N–H and O–H groups in total. The van der Waals surface area contributed by atoms with Crippen LogP contribution in [0.15, 0.2) is 36.9 Å². The Kier molecular flexibility index (Phi) is 3.12. The number of rotatable bonds is 3. The molecule has 0 radical (unpaired) electrons. The summed E-state index contributed by atoms with van der Waals surface area (Å²) < 4.78 is 0. The molecule has 0 aliphatic carbocycles. The number of benzene rings is 1. The van der Waals surface area contributed by atoms with E-state index in [-0.39, 0.29) is 5.54 Å². The number of hydrogen-bond donors (Lipinski definition) is 1. The molecule has 0 aromatic heterocycles. The summed E-state index contributed by atoms with van der Waals surface area (Å²) in [5.74, 6) is 0. The van der Waals surface area contributed by atoms with Crippen molar-refractivity contribution in [2.75, 3.05) is 0 Å². The van der Waals surface area contributed by atoms with Crippen LogP contribution in [0.4, 0.5) is 0 Å². The Morgan fingerprint density at radius 2 is 2.00 bits per heavy atom. The van der Waals surface area contributed by atoms with Crippen LogP contribution in [0.2, 0.25) is 5.02 Å². The van der Waals surface area contributed by atoms with Crippen molar-refractivity contribution in [3.8, 4) is 0 Å². The number of halogens is 1. The summed E-state index contributed by atoms with van der Waals surface area (Å²) in [4.78, 5) is 0. The minimum atomic E-state index is -0.341. The van der Waals surface area contributed by atoms with Crippen molar-refractivity contribution in [2.24, 2.45) is 5.73 Å². The second-order valence-corrected chi connectivity index (χ2v) is 3.85. The van der Waals surface area contributed by atoms with Crippen molar-refractivity contribution in [3.05, 3.63) is 47.5 Å². The highest BCUT2D eigenvalue weighted by atomic mass is 35.5. The van der Waals surface area contributed by atoms with E-state index in [1.54, 1.807) is 0 Å². The normalized spacial score (nSPS) is 15.0. The van der Waals surface area contributed by atoms with Gasteiger partial charge in [-0.3, -0.25) is 0 Å². The Bertz CT molecular complexity index is 287. The van der Waals surface area contributed by atoms with E-state index in [4.69, 9.17) is 17.3 Å². The van der Waals surface area contributed by atoms with Crippen molar-refractivity contribution >= 4 is 11.6 Å². The standard InChI is InChI=1S/C11H14ClN/c1-3-8-11(2,13)9-4-6-10(12)7-5-9/h3-7H,1,8,13H2,2H3/t11-/m1/s1. The fourth-order valence-electron chi connectivity index (χ4n) is 1.25. The van der Waals surface area contributed by atoms with Crippen LogP contribution in [0.25, 0.3) is 0 Å². The van der Waals surface area contributed by atoms with E-state index in [2.05, 4.69) is 6.58 Å². The zero-order valence-corrected chi connectivity index (χ0v) is 8.51. The molecule has 2 heteroatoms. The van der Waals surface area contributed by atoms with E-state index < -0.39 is 0 Å². The molecule has 0 saturated heterocycles. The van der Waals surface area contributed by atoms with Gasteiger partial charge in [0.1, 0.15) is 0 Å². The SMILES string of the molecule is C=CC[C@@](C)(N)c1ccc(Cl)cc1. The van der Waals surface area contributed by atoms with Gasteiger partial charge in [0, 0.05) is 10.6 Å². The number of nitrogens with two attached hydrogens (primary N) is 1. The highest BCUT2D eigenvalue weighted by Gasteiger charge is 2.18. The summed E-state index contributed by atoms with van der Waals surface area (Å²) >= 11 is 5.78. The third-order valence-corrected chi connectivity index (χ3v) is 2.32. The van der Waals surface area contributed by atoms with Gasteiger partial charge in [-0.05, 0) is 31.0 Å². The van der Waals surface area contributed by atoms with Crippen LogP contribution in [0.5, 0.6) is 0 Å². The first-order valence-electron chi connectivity index (χ1n) is 4.22. The van der Waals surface area contributed by atoms with Crippen LogP contribution in [0.1, 0.15) is 18.9 Å². The molecule has 0 aliphatic rings. The quantitative estimate of drug-likeness (QED) is 0.738. The molecule has 0 amide bonds. The van der Waals surface area contributed by atoms with Crippen LogP contribution in [0.3, 0.4) is 0 Å². The molecule has 1 atom stereocenters. The zero-order chi connectivity index (χ0) is 9.90. The summed E-state index contributed by atoms with van der Waals surface area (Å²) in [6, 6.07) is 7.61. The topological polar surface area (TPSA) is 26.0 Å². The molecule has 0 unspecified atom stereocenters. The Balaban J connectivity index is 2.93. The van der Waals surface area contributed by atoms with E-state index in [9.17, 15) is 0 Å². The first kappa shape index (κ1) is 10.3. The van der Waals surface area contributed by atoms with Gasteiger partial charge < -0.3 is 5.73 Å². The van der Waals surface area contributed by atoms with Crippen LogP contribution >= 0.6 is 11.6 Å². The lowest BCUT2D eigenvalue weighted by Crippen LogP contribution is -2.32. The molecule has 1 nitrogen and oxygen atoms in total. The molecule has 0 fully saturated rings. The van der Waals surface area contributed by atoms with E-state index in [0.29, 0.717) is 0 Å². The summed E-state index contributed by atoms with van der Waals surface area (Å²) in [6.45, 7) is 5.67. The Morgan fingerprint density at radius 3 is 2.46 bits per heavy atom. The van der Waals surface area contributed by atoms with Crippen LogP contribution in [0, 0.1) is 0 Å². The molecular formula is C11H14ClN. The average molecular weight is 196 g/mol. The van der Waals surface area contributed by atoms with E-state index in [1.165, 1.54) is 0 Å². The maximum Gasteiger partial charge on any atom is 0.0415 e. The lowest BCUT2D eigenvalue weighted by Gasteiger charge is -2.23. The highest BCUT2D eigenvalue weighted by Crippen LogP contribution is 2.23. The Hall–Kier alpha value is -0.790. The lowest BCUT2D eigenvalue weighted by atomic mass is 9.90. The Morgan fingerprint density at radius 1 is 1.46 bits per heavy atom. The molecule has 0 bridgehead atoms. The van der Waals surface area contributed by atoms with Crippen molar-refractivity contribution in [1.29, 1.82) is 0 Å². The summed E-state index contributed by atoms with van der Waals surface area (Å²) in [5, 5.41) is 0.734. The molecule has 1 aromatic carbocycles. The maximum atomic E-state index is 6.08. The van der Waals surface area contributed by atoms with Crippen LogP contribution in [-0.4, -0.2) is 0 Å². The molecule has 0 heterocycles. The van der Waals surface area contributed by atoms with Crippen molar-refractivity contribution < 1.29 is 0 Å². The predicted octanol–water partition coefficient (Wildman–Crippen LogP) is 3.09.